The fourth-order valence-corrected chi connectivity index (χ4v) is 6.68. The molecule has 0 unspecified atom stereocenters. The number of ether oxygens (including phenoxy) is 2. The maximum atomic E-state index is 15.2. The van der Waals surface area contributed by atoms with Gasteiger partial charge in [0.05, 0.1) is 18.1 Å². The molecular weight excluding hydrogens is 608 g/mol. The van der Waals surface area contributed by atoms with Gasteiger partial charge in [0.2, 0.25) is 11.8 Å². The molecule has 0 saturated carbocycles. The van der Waals surface area contributed by atoms with Crippen molar-refractivity contribution in [1.82, 2.24) is 29.0 Å². The van der Waals surface area contributed by atoms with Crippen molar-refractivity contribution in [2.24, 2.45) is 0 Å². The smallest absolute Gasteiger partial charge is 0.309 e. The molecule has 0 amide bonds. The Morgan fingerprint density at radius 2 is 1.98 bits per heavy atom. The highest BCUT2D eigenvalue weighted by Gasteiger charge is 2.23. The molecule has 0 bridgehead atoms. The number of hydrogen-bond donors (Lipinski definition) is 2. The molecule has 1 fully saturated rings. The van der Waals surface area contributed by atoms with Crippen LogP contribution in [-0.2, 0) is 11.3 Å². The topological polar surface area (TPSA) is 129 Å². The third kappa shape index (κ3) is 6.41. The first-order valence-corrected chi connectivity index (χ1v) is 16.0. The van der Waals surface area contributed by atoms with Gasteiger partial charge in [-0.1, -0.05) is 11.3 Å². The van der Waals surface area contributed by atoms with Gasteiger partial charge in [0.1, 0.15) is 16.3 Å². The summed E-state index contributed by atoms with van der Waals surface area (Å²) >= 11 is 5.41. The molecule has 0 spiro atoms. The van der Waals surface area contributed by atoms with Crippen LogP contribution in [0.4, 0.5) is 16.0 Å². The van der Waals surface area contributed by atoms with Gasteiger partial charge in [0.15, 0.2) is 17.1 Å². The Morgan fingerprint density at radius 1 is 1.14 bits per heavy atom. The number of hydrogen-bond acceptors (Lipinski definition) is 12. The normalized spacial score (nSPS) is 15.0. The SMILES string of the molecule is COCCC[C@H](CCS)Oc1ccc(N2CCN(CCn3c(=O)sc4c3nc(N)n3nc(-c5ccco5)nc43)CC2)c(F)c1. The van der Waals surface area contributed by atoms with Crippen LogP contribution in [0.25, 0.3) is 27.6 Å². The highest BCUT2D eigenvalue weighted by Crippen LogP contribution is 2.28. The van der Waals surface area contributed by atoms with E-state index >= 15 is 4.39 Å². The van der Waals surface area contributed by atoms with Gasteiger partial charge >= 0.3 is 4.87 Å². The number of fused-ring (bicyclic) bond motifs is 3. The molecule has 5 heterocycles. The monoisotopic (exact) mass is 642 g/mol. The highest BCUT2D eigenvalue weighted by atomic mass is 32.1. The van der Waals surface area contributed by atoms with Gasteiger partial charge in [-0.25, -0.2) is 9.37 Å². The van der Waals surface area contributed by atoms with E-state index in [1.807, 2.05) is 11.0 Å². The van der Waals surface area contributed by atoms with Crippen LogP contribution in [0.2, 0.25) is 0 Å². The quantitative estimate of drug-likeness (QED) is 0.145. The Labute approximate surface area is 262 Å². The van der Waals surface area contributed by atoms with Gasteiger partial charge in [0, 0.05) is 59.1 Å². The van der Waals surface area contributed by atoms with E-state index < -0.39 is 0 Å². The summed E-state index contributed by atoms with van der Waals surface area (Å²) in [5.74, 6) is 1.94. The van der Waals surface area contributed by atoms with E-state index in [-0.39, 0.29) is 22.7 Å². The Balaban J connectivity index is 1.08. The fraction of sp³-hybridized carbons (Fsp3) is 0.448. The number of halogens is 1. The first kappa shape index (κ1) is 30.4. The van der Waals surface area contributed by atoms with E-state index in [0.29, 0.717) is 77.6 Å². The summed E-state index contributed by atoms with van der Waals surface area (Å²) in [5, 5.41) is 4.41. The van der Waals surface area contributed by atoms with Gasteiger partial charge in [-0.15, -0.1) is 5.10 Å². The second-order valence-corrected chi connectivity index (χ2v) is 12.0. The molecule has 12 nitrogen and oxygen atoms in total. The summed E-state index contributed by atoms with van der Waals surface area (Å²) in [6, 6.07) is 8.61. The highest BCUT2D eigenvalue weighted by molar-refractivity contribution is 7.80. The van der Waals surface area contributed by atoms with Crippen molar-refractivity contribution in [2.45, 2.75) is 31.9 Å². The van der Waals surface area contributed by atoms with Crippen LogP contribution in [-0.4, -0.2) is 87.3 Å². The standard InChI is InChI=1S/C29H35FN8O4S2/c1-40-15-2-4-19(8-17-43)42-20-6-7-22(21(30)18-20)36-12-9-35(10-13-36)11-14-37-26-24(44-29(37)39)27-32-25(23-5-3-16-41-23)34-38(27)28(31)33-26/h3,5-7,16,18-19,43H,2,4,8-15,17H2,1H3,(H2,31,33)/t19-/m1/s1. The molecule has 234 valence electrons. The number of nitrogen functional groups attached to an aromatic ring is 1. The van der Waals surface area contributed by atoms with Crippen LogP contribution in [0.15, 0.2) is 45.8 Å². The average Bonchev–Trinajstić information content (AvgIpc) is 3.77. The van der Waals surface area contributed by atoms with E-state index in [1.54, 1.807) is 36.1 Å². The third-order valence-electron chi connectivity index (χ3n) is 7.76. The number of thiol groups is 1. The Bertz CT molecular complexity index is 1760. The van der Waals surface area contributed by atoms with E-state index in [9.17, 15) is 4.79 Å². The zero-order valence-corrected chi connectivity index (χ0v) is 26.1. The number of piperazine rings is 1. The van der Waals surface area contributed by atoms with Crippen molar-refractivity contribution in [3.05, 3.63) is 52.1 Å². The maximum Gasteiger partial charge on any atom is 0.309 e. The molecule has 5 aromatic rings. The molecule has 1 aliphatic rings. The van der Waals surface area contributed by atoms with Crippen molar-refractivity contribution < 1.29 is 18.3 Å². The summed E-state index contributed by atoms with van der Waals surface area (Å²) in [6.07, 6.45) is 4.00. The van der Waals surface area contributed by atoms with Crippen molar-refractivity contribution >= 4 is 51.6 Å². The Kier molecular flexibility index (Phi) is 9.35. The van der Waals surface area contributed by atoms with Crippen LogP contribution in [0.1, 0.15) is 19.3 Å². The third-order valence-corrected chi connectivity index (χ3v) is 8.98. The lowest BCUT2D eigenvalue weighted by atomic mass is 10.1. The summed E-state index contributed by atoms with van der Waals surface area (Å²) in [6.45, 7) is 4.54. The van der Waals surface area contributed by atoms with Crippen LogP contribution in [0, 0.1) is 5.82 Å². The number of thiazole rings is 1. The lowest BCUT2D eigenvalue weighted by molar-refractivity contribution is 0.149. The first-order valence-electron chi connectivity index (χ1n) is 14.6. The molecule has 4 aromatic heterocycles. The number of aromatic nitrogens is 5. The van der Waals surface area contributed by atoms with E-state index in [0.717, 1.165) is 43.7 Å². The van der Waals surface area contributed by atoms with E-state index in [4.69, 9.17) is 19.6 Å². The molecule has 44 heavy (non-hydrogen) atoms. The minimum Gasteiger partial charge on any atom is -0.490 e. The lowest BCUT2D eigenvalue weighted by Crippen LogP contribution is -2.47. The van der Waals surface area contributed by atoms with Crippen molar-refractivity contribution in [3.63, 3.8) is 0 Å². The molecule has 1 atom stereocenters. The van der Waals surface area contributed by atoms with Crippen LogP contribution in [0.3, 0.4) is 0 Å². The summed E-state index contributed by atoms with van der Waals surface area (Å²) in [4.78, 5) is 26.2. The predicted molar refractivity (Wildman–Crippen MR) is 172 cm³/mol. The van der Waals surface area contributed by atoms with Gasteiger partial charge in [0.25, 0.3) is 0 Å². The van der Waals surface area contributed by atoms with Crippen LogP contribution in [0.5, 0.6) is 5.75 Å². The summed E-state index contributed by atoms with van der Waals surface area (Å²) in [5.41, 5.74) is 7.72. The fourth-order valence-electron chi connectivity index (χ4n) is 5.46. The summed E-state index contributed by atoms with van der Waals surface area (Å²) < 4.78 is 35.5. The van der Waals surface area contributed by atoms with Crippen molar-refractivity contribution in [3.8, 4) is 17.3 Å². The number of rotatable bonds is 13. The Hall–Kier alpha value is -3.66. The molecular formula is C29H35FN8O4S2. The van der Waals surface area contributed by atoms with Crippen molar-refractivity contribution in [2.75, 3.05) is 62.8 Å². The van der Waals surface area contributed by atoms with Gasteiger partial charge < -0.3 is 24.5 Å². The second-order valence-electron chi connectivity index (χ2n) is 10.6. The number of nitrogens with zero attached hydrogens (tertiary/aromatic N) is 7. The molecule has 2 N–H and O–H groups in total. The van der Waals surface area contributed by atoms with E-state index in [2.05, 4.69) is 32.6 Å². The van der Waals surface area contributed by atoms with Crippen LogP contribution >= 0.6 is 24.0 Å². The average molecular weight is 643 g/mol. The molecule has 1 aliphatic heterocycles. The molecule has 1 aromatic carbocycles. The minimum atomic E-state index is -0.299. The number of nitrogens with two attached hydrogens (primary N) is 1. The number of methoxy groups -OCH3 is 1. The number of benzene rings is 1. The minimum absolute atomic E-state index is 0.0301. The zero-order chi connectivity index (χ0) is 30.6. The van der Waals surface area contributed by atoms with Crippen molar-refractivity contribution in [1.29, 1.82) is 0 Å². The molecule has 1 saturated heterocycles. The van der Waals surface area contributed by atoms with Gasteiger partial charge in [-0.3, -0.25) is 14.3 Å². The molecule has 0 radical (unpaired) electrons. The van der Waals surface area contributed by atoms with Crippen LogP contribution < -0.4 is 20.2 Å². The number of furan rings is 1. The van der Waals surface area contributed by atoms with E-state index in [1.165, 1.54) is 10.6 Å². The molecule has 6 rings (SSSR count). The van der Waals surface area contributed by atoms with Gasteiger partial charge in [-0.2, -0.15) is 22.1 Å². The van der Waals surface area contributed by atoms with Gasteiger partial charge in [-0.05, 0) is 49.3 Å². The zero-order valence-electron chi connectivity index (χ0n) is 24.4. The molecule has 0 aliphatic carbocycles. The maximum absolute atomic E-state index is 15.2. The largest absolute Gasteiger partial charge is 0.490 e. The second kappa shape index (κ2) is 13.5. The summed E-state index contributed by atoms with van der Waals surface area (Å²) in [7, 11) is 1.68. The first-order chi connectivity index (χ1) is 21.4. The Morgan fingerprint density at radius 3 is 2.70 bits per heavy atom. The predicted octanol–water partition coefficient (Wildman–Crippen LogP) is 3.80. The number of anilines is 2. The lowest BCUT2D eigenvalue weighted by Gasteiger charge is -2.36. The molecule has 15 heteroatoms.